The van der Waals surface area contributed by atoms with Crippen molar-refractivity contribution in [3.05, 3.63) is 76.5 Å². The molecule has 0 aliphatic heterocycles. The molecule has 2 aromatic carbocycles. The second kappa shape index (κ2) is 6.68. The third-order valence-corrected chi connectivity index (χ3v) is 4.60. The van der Waals surface area contributed by atoms with Crippen LogP contribution in [0.1, 0.15) is 5.56 Å². The minimum atomic E-state index is -0.339. The largest absolute Gasteiger partial charge is 0.358 e. The van der Waals surface area contributed by atoms with Crippen LogP contribution < -0.4 is 10.9 Å². The molecule has 2 aromatic heterocycles. The zero-order valence-electron chi connectivity index (χ0n) is 14.6. The summed E-state index contributed by atoms with van der Waals surface area (Å²) in [5, 5.41) is 8.29. The molecule has 4 rings (SSSR count). The summed E-state index contributed by atoms with van der Waals surface area (Å²) in [4.78, 5) is 24.8. The highest BCUT2D eigenvalue weighted by Crippen LogP contribution is 2.27. The smallest absolute Gasteiger partial charge is 0.291 e. The Balaban J connectivity index is 1.95. The van der Waals surface area contributed by atoms with Crippen molar-refractivity contribution in [2.75, 3.05) is 7.05 Å². The van der Waals surface area contributed by atoms with Gasteiger partial charge < -0.3 is 9.88 Å². The van der Waals surface area contributed by atoms with Crippen LogP contribution in [0.2, 0.25) is 0 Å². The van der Waals surface area contributed by atoms with Gasteiger partial charge in [0.25, 0.3) is 5.56 Å². The fourth-order valence-corrected chi connectivity index (χ4v) is 3.26. The van der Waals surface area contributed by atoms with Gasteiger partial charge in [-0.3, -0.25) is 9.59 Å². The van der Waals surface area contributed by atoms with E-state index in [2.05, 4.69) is 10.4 Å². The number of para-hydroxylation sites is 1. The van der Waals surface area contributed by atoms with Crippen molar-refractivity contribution >= 4 is 27.7 Å². The monoisotopic (exact) mass is 364 g/mol. The molecule has 0 atom stereocenters. The average molecular weight is 364 g/mol. The molecule has 27 heavy (non-hydrogen) atoms. The first kappa shape index (κ1) is 17.0. The van der Waals surface area contributed by atoms with Crippen LogP contribution in [0.4, 0.5) is 4.39 Å². The van der Waals surface area contributed by atoms with Gasteiger partial charge in [-0.05, 0) is 23.8 Å². The van der Waals surface area contributed by atoms with Gasteiger partial charge in [0.1, 0.15) is 17.9 Å². The maximum absolute atomic E-state index is 13.2. The van der Waals surface area contributed by atoms with Gasteiger partial charge in [-0.2, -0.15) is 5.10 Å². The SMILES string of the molecule is CNC(=O)Cn1ncc2c3ccccc3n(Cc3ccc(F)cc3)c2c1=O. The van der Waals surface area contributed by atoms with Gasteiger partial charge >= 0.3 is 0 Å². The Hall–Kier alpha value is -3.48. The Morgan fingerprint density at radius 1 is 1.11 bits per heavy atom. The molecule has 136 valence electrons. The summed E-state index contributed by atoms with van der Waals surface area (Å²) in [6.45, 7) is 0.257. The van der Waals surface area contributed by atoms with Crippen molar-refractivity contribution in [3.63, 3.8) is 0 Å². The van der Waals surface area contributed by atoms with E-state index in [4.69, 9.17) is 0 Å². The number of amides is 1. The highest BCUT2D eigenvalue weighted by molar-refractivity contribution is 6.07. The lowest BCUT2D eigenvalue weighted by molar-refractivity contribution is -0.121. The highest BCUT2D eigenvalue weighted by atomic mass is 19.1. The van der Waals surface area contributed by atoms with Crippen molar-refractivity contribution in [1.82, 2.24) is 19.7 Å². The zero-order chi connectivity index (χ0) is 19.0. The van der Waals surface area contributed by atoms with Gasteiger partial charge in [-0.1, -0.05) is 30.3 Å². The first-order valence-electron chi connectivity index (χ1n) is 8.50. The van der Waals surface area contributed by atoms with Gasteiger partial charge in [0, 0.05) is 29.9 Å². The van der Waals surface area contributed by atoms with Gasteiger partial charge in [-0.25, -0.2) is 9.07 Å². The second-order valence-electron chi connectivity index (χ2n) is 6.27. The number of nitrogens with one attached hydrogen (secondary N) is 1. The van der Waals surface area contributed by atoms with Crippen molar-refractivity contribution < 1.29 is 9.18 Å². The van der Waals surface area contributed by atoms with Crippen LogP contribution in [0.25, 0.3) is 21.8 Å². The second-order valence-corrected chi connectivity index (χ2v) is 6.27. The Labute approximate surface area is 153 Å². The summed E-state index contributed by atoms with van der Waals surface area (Å²) in [7, 11) is 1.51. The third-order valence-electron chi connectivity index (χ3n) is 4.60. The number of likely N-dealkylation sites (N-methyl/N-ethyl adjacent to an activating group) is 1. The topological polar surface area (TPSA) is 68.9 Å². The van der Waals surface area contributed by atoms with Crippen LogP contribution in [0, 0.1) is 5.82 Å². The van der Waals surface area contributed by atoms with Crippen LogP contribution in [0.15, 0.2) is 59.5 Å². The third kappa shape index (κ3) is 2.97. The van der Waals surface area contributed by atoms with E-state index in [-0.39, 0.29) is 23.8 Å². The molecule has 0 radical (unpaired) electrons. The quantitative estimate of drug-likeness (QED) is 0.604. The number of halogens is 1. The zero-order valence-corrected chi connectivity index (χ0v) is 14.6. The molecule has 6 nitrogen and oxygen atoms in total. The van der Waals surface area contributed by atoms with Gasteiger partial charge in [0.2, 0.25) is 5.91 Å². The molecule has 0 aliphatic rings. The summed E-state index contributed by atoms with van der Waals surface area (Å²) < 4.78 is 16.3. The minimum Gasteiger partial charge on any atom is -0.358 e. The Kier molecular flexibility index (Phi) is 4.19. The molecule has 0 unspecified atom stereocenters. The van der Waals surface area contributed by atoms with Crippen molar-refractivity contribution in [2.24, 2.45) is 0 Å². The van der Waals surface area contributed by atoms with Crippen LogP contribution in [0.5, 0.6) is 0 Å². The molecule has 0 spiro atoms. The molecule has 7 heteroatoms. The number of hydrogen-bond donors (Lipinski definition) is 1. The summed E-state index contributed by atoms with van der Waals surface area (Å²) in [6, 6.07) is 13.9. The summed E-state index contributed by atoms with van der Waals surface area (Å²) >= 11 is 0. The molecular formula is C20H17FN4O2. The number of aromatic nitrogens is 3. The first-order chi connectivity index (χ1) is 13.1. The number of carbonyl (C=O) groups excluding carboxylic acids is 1. The van der Waals surface area contributed by atoms with Crippen molar-refractivity contribution in [1.29, 1.82) is 0 Å². The van der Waals surface area contributed by atoms with Crippen LogP contribution >= 0.6 is 0 Å². The number of nitrogens with zero attached hydrogens (tertiary/aromatic N) is 3. The summed E-state index contributed by atoms with van der Waals surface area (Å²) in [6.07, 6.45) is 1.61. The number of benzene rings is 2. The van der Waals surface area contributed by atoms with Gasteiger partial charge in [0.15, 0.2) is 0 Å². The molecule has 4 aromatic rings. The molecule has 2 heterocycles. The summed E-state index contributed by atoms with van der Waals surface area (Å²) in [5.41, 5.74) is 1.88. The molecule has 0 bridgehead atoms. The predicted octanol–water partition coefficient (Wildman–Crippen LogP) is 2.28. The highest BCUT2D eigenvalue weighted by Gasteiger charge is 2.17. The number of fused-ring (bicyclic) bond motifs is 3. The summed E-state index contributed by atoms with van der Waals surface area (Å²) in [5.74, 6) is -0.608. The number of rotatable bonds is 4. The Morgan fingerprint density at radius 3 is 2.59 bits per heavy atom. The van der Waals surface area contributed by atoms with E-state index in [0.717, 1.165) is 26.5 Å². The maximum Gasteiger partial charge on any atom is 0.291 e. The normalized spacial score (nSPS) is 11.2. The van der Waals surface area contributed by atoms with E-state index in [1.807, 2.05) is 28.8 Å². The Morgan fingerprint density at radius 2 is 1.85 bits per heavy atom. The van der Waals surface area contributed by atoms with Crippen LogP contribution in [0.3, 0.4) is 0 Å². The lowest BCUT2D eigenvalue weighted by Gasteiger charge is -2.09. The lowest BCUT2D eigenvalue weighted by Crippen LogP contribution is -2.32. The fraction of sp³-hybridized carbons (Fsp3) is 0.150. The van der Waals surface area contributed by atoms with Crippen LogP contribution in [-0.4, -0.2) is 27.3 Å². The molecular weight excluding hydrogens is 347 g/mol. The van der Waals surface area contributed by atoms with Gasteiger partial charge in [-0.15, -0.1) is 0 Å². The molecule has 0 aliphatic carbocycles. The van der Waals surface area contributed by atoms with Gasteiger partial charge in [0.05, 0.1) is 6.20 Å². The van der Waals surface area contributed by atoms with Crippen molar-refractivity contribution in [2.45, 2.75) is 13.1 Å². The van der Waals surface area contributed by atoms with E-state index >= 15 is 0 Å². The van der Waals surface area contributed by atoms with E-state index in [1.165, 1.54) is 19.2 Å². The number of carbonyl (C=O) groups is 1. The van der Waals surface area contributed by atoms with E-state index in [9.17, 15) is 14.0 Å². The standard InChI is InChI=1S/C20H17FN4O2/c1-22-18(26)12-25-20(27)19-16(10-23-25)15-4-2-3-5-17(15)24(19)11-13-6-8-14(21)9-7-13/h2-10H,11-12H2,1H3,(H,22,26). The molecule has 0 saturated carbocycles. The Bertz CT molecular complexity index is 1210. The van der Waals surface area contributed by atoms with Crippen molar-refractivity contribution in [3.8, 4) is 0 Å². The van der Waals surface area contributed by atoms with Crippen LogP contribution in [-0.2, 0) is 17.9 Å². The molecule has 0 fully saturated rings. The van der Waals surface area contributed by atoms with E-state index in [1.54, 1.807) is 18.3 Å². The first-order valence-corrected chi connectivity index (χ1v) is 8.50. The van der Waals surface area contributed by atoms with E-state index in [0.29, 0.717) is 12.1 Å². The average Bonchev–Trinajstić information content (AvgIpc) is 3.00. The minimum absolute atomic E-state index is 0.149. The molecule has 1 N–H and O–H groups in total. The van der Waals surface area contributed by atoms with E-state index < -0.39 is 0 Å². The fourth-order valence-electron chi connectivity index (χ4n) is 3.26. The number of hydrogen-bond acceptors (Lipinski definition) is 3. The lowest BCUT2D eigenvalue weighted by atomic mass is 10.2. The predicted molar refractivity (Wildman–Crippen MR) is 101 cm³/mol. The molecule has 0 saturated heterocycles. The molecule has 1 amide bonds. The maximum atomic E-state index is 13.2.